The van der Waals surface area contributed by atoms with Crippen molar-refractivity contribution in [2.75, 3.05) is 6.61 Å². The van der Waals surface area contributed by atoms with Crippen LogP contribution >= 0.6 is 0 Å². The highest BCUT2D eigenvalue weighted by molar-refractivity contribution is 5.41. The fraction of sp³-hybridized carbons (Fsp3) is 0.200. The average molecular weight is 148 g/mol. The highest BCUT2D eigenvalue weighted by Crippen LogP contribution is 2.16. The maximum Gasteiger partial charge on any atom is 0.311 e. The summed E-state index contributed by atoms with van der Waals surface area (Å²) in [5, 5.41) is 0. The van der Waals surface area contributed by atoms with E-state index in [-0.39, 0.29) is 0 Å². The van der Waals surface area contributed by atoms with Crippen molar-refractivity contribution in [2.24, 2.45) is 0 Å². The van der Waals surface area contributed by atoms with Gasteiger partial charge in [-0.15, -0.1) is 0 Å². The minimum Gasteiger partial charge on any atom is -0.428 e. The van der Waals surface area contributed by atoms with Crippen molar-refractivity contribution in [3.63, 3.8) is 0 Å². The highest BCUT2D eigenvalue weighted by atomic mass is 16.5. The van der Waals surface area contributed by atoms with E-state index in [1.165, 1.54) is 0 Å². The predicted octanol–water partition coefficient (Wildman–Crippen LogP) is 2.44. The van der Waals surface area contributed by atoms with Crippen LogP contribution in [0.3, 0.4) is 0 Å². The fourth-order valence-corrected chi connectivity index (χ4v) is 0.867. The summed E-state index contributed by atoms with van der Waals surface area (Å²) < 4.78 is 5.27. The number of hydrogen-bond acceptors (Lipinski definition) is 1. The lowest BCUT2D eigenvalue weighted by Crippen LogP contribution is -1.96. The molecule has 0 amide bonds. The van der Waals surface area contributed by atoms with Gasteiger partial charge in [0.2, 0.25) is 0 Å². The molecule has 1 aliphatic rings. The van der Waals surface area contributed by atoms with Crippen LogP contribution in [0.2, 0.25) is 0 Å². The van der Waals surface area contributed by atoms with E-state index in [1.54, 1.807) is 0 Å². The van der Waals surface area contributed by atoms with Crippen LogP contribution in [0.5, 0.6) is 0 Å². The van der Waals surface area contributed by atoms with Crippen LogP contribution in [0, 0.1) is 12.8 Å². The first-order valence-electron chi connectivity index (χ1n) is 3.72. The SMILES string of the molecule is C=CC1=C[CH+]C(OCC)=C[CH+]1. The standard InChI is InChI=1S/C10H12O/c1-3-9-5-7-10(8-6-9)11-4-2/h3,5-8H,1,4H2,2H3/q+2. The van der Waals surface area contributed by atoms with Gasteiger partial charge in [-0.25, -0.2) is 0 Å². The zero-order valence-corrected chi connectivity index (χ0v) is 6.71. The quantitative estimate of drug-likeness (QED) is 0.558. The molecule has 0 heterocycles. The molecule has 0 aromatic heterocycles. The average Bonchev–Trinajstić information content (AvgIpc) is 2.07. The Hall–Kier alpha value is -1.24. The zero-order valence-electron chi connectivity index (χ0n) is 6.71. The Balaban J connectivity index is 2.43. The summed E-state index contributed by atoms with van der Waals surface area (Å²) in [7, 11) is 0. The molecule has 0 saturated carbocycles. The normalized spacial score (nSPS) is 15.4. The van der Waals surface area contributed by atoms with Crippen LogP contribution in [0.25, 0.3) is 0 Å². The summed E-state index contributed by atoms with van der Waals surface area (Å²) in [4.78, 5) is 0. The molecule has 0 N–H and O–H groups in total. The molecule has 0 aromatic carbocycles. The molecule has 1 nitrogen and oxygen atoms in total. The van der Waals surface area contributed by atoms with Crippen LogP contribution < -0.4 is 0 Å². The molecule has 1 rings (SSSR count). The van der Waals surface area contributed by atoms with Gasteiger partial charge in [-0.3, -0.25) is 0 Å². The second kappa shape index (κ2) is 3.81. The Labute approximate surface area is 68.1 Å². The molecule has 0 bridgehead atoms. The van der Waals surface area contributed by atoms with Crippen molar-refractivity contribution in [3.05, 3.63) is 49.0 Å². The van der Waals surface area contributed by atoms with Gasteiger partial charge in [0.15, 0.2) is 18.1 Å². The smallest absolute Gasteiger partial charge is 0.311 e. The monoisotopic (exact) mass is 148 g/mol. The topological polar surface area (TPSA) is 9.23 Å². The molecule has 1 heteroatoms. The lowest BCUT2D eigenvalue weighted by atomic mass is 10.1. The summed E-state index contributed by atoms with van der Waals surface area (Å²) in [6.07, 6.45) is 9.67. The third-order valence-electron chi connectivity index (χ3n) is 1.43. The molecular weight excluding hydrogens is 136 g/mol. The largest absolute Gasteiger partial charge is 0.428 e. The molecule has 0 unspecified atom stereocenters. The highest BCUT2D eigenvalue weighted by Gasteiger charge is 2.20. The van der Waals surface area contributed by atoms with E-state index in [9.17, 15) is 0 Å². The van der Waals surface area contributed by atoms with E-state index in [1.807, 2.05) is 38.0 Å². The second-order valence-electron chi connectivity index (χ2n) is 2.21. The predicted molar refractivity (Wildman–Crippen MR) is 46.6 cm³/mol. The lowest BCUT2D eigenvalue weighted by molar-refractivity contribution is 0.237. The van der Waals surface area contributed by atoms with Crippen LogP contribution in [0.15, 0.2) is 36.1 Å². The summed E-state index contributed by atoms with van der Waals surface area (Å²) in [5.41, 5.74) is 1.12. The van der Waals surface area contributed by atoms with Gasteiger partial charge in [-0.2, -0.15) is 0 Å². The molecule has 0 atom stereocenters. The van der Waals surface area contributed by atoms with Crippen LogP contribution in [-0.2, 0) is 4.74 Å². The molecule has 0 saturated heterocycles. The van der Waals surface area contributed by atoms with Crippen molar-refractivity contribution in [1.29, 1.82) is 0 Å². The van der Waals surface area contributed by atoms with Crippen LogP contribution in [-0.4, -0.2) is 6.61 Å². The minimum atomic E-state index is 0.716. The first-order chi connectivity index (χ1) is 5.36. The van der Waals surface area contributed by atoms with Gasteiger partial charge in [0, 0.05) is 0 Å². The van der Waals surface area contributed by atoms with Gasteiger partial charge >= 0.3 is 5.76 Å². The Morgan fingerprint density at radius 2 is 2.36 bits per heavy atom. The molecule has 11 heavy (non-hydrogen) atoms. The van der Waals surface area contributed by atoms with Gasteiger partial charge in [-0.1, -0.05) is 0 Å². The van der Waals surface area contributed by atoms with Crippen molar-refractivity contribution < 1.29 is 4.74 Å². The summed E-state index contributed by atoms with van der Waals surface area (Å²) in [6, 6.07) is 0. The molecule has 56 valence electrons. The van der Waals surface area contributed by atoms with Crippen molar-refractivity contribution in [3.8, 4) is 0 Å². The van der Waals surface area contributed by atoms with E-state index >= 15 is 0 Å². The van der Waals surface area contributed by atoms with E-state index in [0.29, 0.717) is 6.61 Å². The Morgan fingerprint density at radius 1 is 1.55 bits per heavy atom. The van der Waals surface area contributed by atoms with E-state index in [0.717, 1.165) is 11.3 Å². The summed E-state index contributed by atoms with van der Waals surface area (Å²) >= 11 is 0. The van der Waals surface area contributed by atoms with Gasteiger partial charge in [0.05, 0.1) is 6.08 Å². The van der Waals surface area contributed by atoms with E-state index in [2.05, 4.69) is 6.58 Å². The van der Waals surface area contributed by atoms with Crippen molar-refractivity contribution in [2.45, 2.75) is 6.92 Å². The Bertz CT molecular complexity index is 199. The second-order valence-corrected chi connectivity index (χ2v) is 2.21. The summed E-state index contributed by atoms with van der Waals surface area (Å²) in [6.45, 7) is 6.36. The molecule has 0 aliphatic heterocycles. The molecule has 0 spiro atoms. The Kier molecular flexibility index (Phi) is 2.73. The van der Waals surface area contributed by atoms with Gasteiger partial charge in [0.1, 0.15) is 19.1 Å². The molecule has 0 aromatic rings. The fourth-order valence-electron chi connectivity index (χ4n) is 0.867. The van der Waals surface area contributed by atoms with Crippen molar-refractivity contribution in [1.82, 2.24) is 0 Å². The zero-order chi connectivity index (χ0) is 8.10. The maximum atomic E-state index is 5.27. The van der Waals surface area contributed by atoms with Gasteiger partial charge in [-0.05, 0) is 13.5 Å². The van der Waals surface area contributed by atoms with Crippen LogP contribution in [0.1, 0.15) is 6.92 Å². The summed E-state index contributed by atoms with van der Waals surface area (Å²) in [5.74, 6) is 0.915. The third-order valence-corrected chi connectivity index (χ3v) is 1.43. The Morgan fingerprint density at radius 3 is 2.82 bits per heavy atom. The molecule has 0 radical (unpaired) electrons. The first-order valence-corrected chi connectivity index (χ1v) is 3.72. The van der Waals surface area contributed by atoms with E-state index in [4.69, 9.17) is 4.74 Å². The minimum absolute atomic E-state index is 0.716. The third kappa shape index (κ3) is 2.11. The van der Waals surface area contributed by atoms with E-state index < -0.39 is 0 Å². The number of rotatable bonds is 3. The maximum absolute atomic E-state index is 5.27. The van der Waals surface area contributed by atoms with Gasteiger partial charge < -0.3 is 4.74 Å². The molecule has 1 aliphatic carbocycles. The molecule has 0 fully saturated rings. The number of allylic oxidation sites excluding steroid dienone is 4. The first kappa shape index (κ1) is 7.86. The lowest BCUT2D eigenvalue weighted by Gasteiger charge is -1.96. The number of hydrogen-bond donors (Lipinski definition) is 0. The van der Waals surface area contributed by atoms with Crippen molar-refractivity contribution >= 4 is 0 Å². The number of ether oxygens (including phenoxy) is 1. The van der Waals surface area contributed by atoms with Gasteiger partial charge in [0.25, 0.3) is 0 Å². The molecular formula is C10H12O+2. The van der Waals surface area contributed by atoms with Crippen LogP contribution in [0.4, 0.5) is 0 Å².